The molecule has 0 aliphatic heterocycles. The molecule has 0 radical (unpaired) electrons. The van der Waals surface area contributed by atoms with E-state index < -0.39 is 30.1 Å². The maximum atomic E-state index is 12.8. The summed E-state index contributed by atoms with van der Waals surface area (Å²) in [6, 6.07) is 24.1. The normalized spacial score (nSPS) is 13.5. The highest BCUT2D eigenvalue weighted by Crippen LogP contribution is 2.44. The van der Waals surface area contributed by atoms with Crippen LogP contribution in [-0.2, 0) is 20.9 Å². The van der Waals surface area contributed by atoms with Crippen molar-refractivity contribution in [1.82, 2.24) is 10.3 Å². The predicted octanol–water partition coefficient (Wildman–Crippen LogP) is 5.29. The van der Waals surface area contributed by atoms with E-state index in [-0.39, 0.29) is 29.1 Å². The molecule has 1 aliphatic carbocycles. The topological polar surface area (TPSA) is 127 Å². The zero-order valence-electron chi connectivity index (χ0n) is 21.6. The maximum Gasteiger partial charge on any atom is 0.413 e. The number of thiazole rings is 1. The summed E-state index contributed by atoms with van der Waals surface area (Å²) < 4.78 is 11.2. The number of nitrogens with one attached hydrogen (secondary N) is 2. The number of hydrogen-bond donors (Lipinski definition) is 3. The van der Waals surface area contributed by atoms with Crippen LogP contribution in [0, 0.1) is 0 Å². The SMILES string of the molecule is CC(OCc1ccccc1)C(NC(=O)c1cnc(NC(=O)OCC2c3ccccc3-c3ccccc32)s1)C(=O)O. The number of amides is 2. The van der Waals surface area contributed by atoms with Crippen molar-refractivity contribution in [3.63, 3.8) is 0 Å². The number of aliphatic carboxylic acids is 1. The van der Waals surface area contributed by atoms with Gasteiger partial charge in [-0.25, -0.2) is 14.6 Å². The second-order valence-corrected chi connectivity index (χ2v) is 10.3. The molecule has 1 aliphatic rings. The predicted molar refractivity (Wildman–Crippen MR) is 150 cm³/mol. The van der Waals surface area contributed by atoms with E-state index >= 15 is 0 Å². The van der Waals surface area contributed by atoms with Crippen molar-refractivity contribution in [2.45, 2.75) is 31.6 Å². The molecule has 2 unspecified atom stereocenters. The number of carboxylic acids is 1. The molecule has 1 heterocycles. The fourth-order valence-electron chi connectivity index (χ4n) is 4.65. The van der Waals surface area contributed by atoms with Gasteiger partial charge in [0.2, 0.25) is 0 Å². The van der Waals surface area contributed by atoms with E-state index in [2.05, 4.69) is 27.8 Å². The van der Waals surface area contributed by atoms with Crippen molar-refractivity contribution in [2.75, 3.05) is 11.9 Å². The smallest absolute Gasteiger partial charge is 0.413 e. The highest BCUT2D eigenvalue weighted by atomic mass is 32.1. The molecule has 40 heavy (non-hydrogen) atoms. The number of benzene rings is 3. The highest BCUT2D eigenvalue weighted by molar-refractivity contribution is 7.17. The molecule has 0 spiro atoms. The van der Waals surface area contributed by atoms with Crippen molar-refractivity contribution >= 4 is 34.4 Å². The molecule has 9 nitrogen and oxygen atoms in total. The zero-order valence-corrected chi connectivity index (χ0v) is 22.4. The van der Waals surface area contributed by atoms with E-state index in [0.29, 0.717) is 0 Å². The molecule has 2 amide bonds. The number of anilines is 1. The fourth-order valence-corrected chi connectivity index (χ4v) is 5.35. The average molecular weight is 558 g/mol. The van der Waals surface area contributed by atoms with Crippen LogP contribution in [0.5, 0.6) is 0 Å². The molecule has 1 aromatic heterocycles. The van der Waals surface area contributed by atoms with Crippen molar-refractivity contribution in [2.24, 2.45) is 0 Å². The molecular weight excluding hydrogens is 530 g/mol. The van der Waals surface area contributed by atoms with Gasteiger partial charge in [0.05, 0.1) is 18.9 Å². The molecule has 0 bridgehead atoms. The molecule has 0 saturated carbocycles. The quantitative estimate of drug-likeness (QED) is 0.242. The summed E-state index contributed by atoms with van der Waals surface area (Å²) in [7, 11) is 0. The molecule has 5 rings (SSSR count). The monoisotopic (exact) mass is 557 g/mol. The van der Waals surface area contributed by atoms with Crippen LogP contribution in [0.25, 0.3) is 11.1 Å². The molecule has 3 N–H and O–H groups in total. The Labute approximate surface area is 234 Å². The summed E-state index contributed by atoms with van der Waals surface area (Å²) in [5, 5.41) is 14.8. The first-order chi connectivity index (χ1) is 19.4. The number of nitrogens with zero attached hydrogens (tertiary/aromatic N) is 1. The third-order valence-corrected chi connectivity index (χ3v) is 7.57. The minimum absolute atomic E-state index is 0.0881. The van der Waals surface area contributed by atoms with Crippen molar-refractivity contribution in [3.05, 3.63) is 107 Å². The van der Waals surface area contributed by atoms with Crippen LogP contribution in [-0.4, -0.2) is 46.8 Å². The standard InChI is InChI=1S/C30H27N3O6S/c1-18(38-16-19-9-3-2-4-10-19)26(28(35)36)32-27(34)25-15-31-29(40-25)33-30(37)39-17-24-22-13-7-5-11-20(22)21-12-6-8-14-23(21)24/h2-15,18,24,26H,16-17H2,1H3,(H,32,34)(H,35,36)(H,31,33,37). The molecule has 10 heteroatoms. The van der Waals surface area contributed by atoms with Gasteiger partial charge in [-0.2, -0.15) is 0 Å². The minimum atomic E-state index is -1.28. The second kappa shape index (κ2) is 12.1. The van der Waals surface area contributed by atoms with Gasteiger partial charge in [0, 0.05) is 5.92 Å². The summed E-state index contributed by atoms with van der Waals surface area (Å²) in [6.07, 6.45) is -0.226. The summed E-state index contributed by atoms with van der Waals surface area (Å²) in [4.78, 5) is 41.4. The molecule has 4 aromatic rings. The Balaban J connectivity index is 1.16. The number of ether oxygens (including phenoxy) is 2. The first-order valence-electron chi connectivity index (χ1n) is 12.7. The number of carbonyl (C=O) groups excluding carboxylic acids is 2. The molecule has 3 aromatic carbocycles. The summed E-state index contributed by atoms with van der Waals surface area (Å²) >= 11 is 0.911. The zero-order chi connectivity index (χ0) is 28.1. The van der Waals surface area contributed by atoms with Crippen LogP contribution in [0.2, 0.25) is 0 Å². The van der Waals surface area contributed by atoms with Gasteiger partial charge in [-0.15, -0.1) is 0 Å². The van der Waals surface area contributed by atoms with Crippen molar-refractivity contribution < 1.29 is 29.0 Å². The van der Waals surface area contributed by atoms with Crippen LogP contribution in [0.3, 0.4) is 0 Å². The number of hydrogen-bond acceptors (Lipinski definition) is 7. The summed E-state index contributed by atoms with van der Waals surface area (Å²) in [6.45, 7) is 1.93. The van der Waals surface area contributed by atoms with Crippen LogP contribution in [0.15, 0.2) is 85.1 Å². The Bertz CT molecular complexity index is 1480. The Hall–Kier alpha value is -4.54. The lowest BCUT2D eigenvalue weighted by atomic mass is 9.98. The largest absolute Gasteiger partial charge is 0.480 e. The Kier molecular flexibility index (Phi) is 8.18. The highest BCUT2D eigenvalue weighted by Gasteiger charge is 2.30. The third-order valence-electron chi connectivity index (χ3n) is 6.66. The lowest BCUT2D eigenvalue weighted by Gasteiger charge is -2.21. The van der Waals surface area contributed by atoms with Crippen molar-refractivity contribution in [3.8, 4) is 11.1 Å². The molecular formula is C30H27N3O6S. The van der Waals surface area contributed by atoms with Gasteiger partial charge < -0.3 is 19.9 Å². The molecule has 2 atom stereocenters. The van der Waals surface area contributed by atoms with Crippen molar-refractivity contribution in [1.29, 1.82) is 0 Å². The second-order valence-electron chi connectivity index (χ2n) is 9.27. The van der Waals surface area contributed by atoms with E-state index in [4.69, 9.17) is 9.47 Å². The maximum absolute atomic E-state index is 12.8. The van der Waals surface area contributed by atoms with E-state index in [1.807, 2.05) is 66.7 Å². The number of carboxylic acid groups (broad SMARTS) is 1. The molecule has 204 valence electrons. The van der Waals surface area contributed by atoms with E-state index in [9.17, 15) is 19.5 Å². The number of fused-ring (bicyclic) bond motifs is 3. The van der Waals surface area contributed by atoms with Gasteiger partial charge in [0.15, 0.2) is 11.2 Å². The summed E-state index contributed by atoms with van der Waals surface area (Å²) in [5.41, 5.74) is 5.33. The first kappa shape index (κ1) is 27.0. The molecule has 0 saturated heterocycles. The number of carbonyl (C=O) groups is 3. The Morgan fingerprint density at radius 3 is 2.23 bits per heavy atom. The fraction of sp³-hybridized carbons (Fsp3) is 0.200. The molecule has 0 fully saturated rings. The van der Waals surface area contributed by atoms with E-state index in [0.717, 1.165) is 39.2 Å². The Morgan fingerprint density at radius 1 is 0.950 bits per heavy atom. The van der Waals surface area contributed by atoms with Crippen LogP contribution in [0.1, 0.15) is 39.2 Å². The van der Waals surface area contributed by atoms with Crippen LogP contribution in [0.4, 0.5) is 9.93 Å². The van der Waals surface area contributed by atoms with Gasteiger partial charge in [-0.3, -0.25) is 10.1 Å². The van der Waals surface area contributed by atoms with Gasteiger partial charge >= 0.3 is 12.1 Å². The van der Waals surface area contributed by atoms with Gasteiger partial charge in [0.25, 0.3) is 5.91 Å². The number of aromatic nitrogens is 1. The third kappa shape index (κ3) is 6.03. The summed E-state index contributed by atoms with van der Waals surface area (Å²) in [5.74, 6) is -1.95. The van der Waals surface area contributed by atoms with E-state index in [1.165, 1.54) is 6.20 Å². The van der Waals surface area contributed by atoms with Crippen LogP contribution >= 0.6 is 11.3 Å². The van der Waals surface area contributed by atoms with Gasteiger partial charge in [-0.1, -0.05) is 90.2 Å². The van der Waals surface area contributed by atoms with Gasteiger partial charge in [-0.05, 0) is 34.7 Å². The minimum Gasteiger partial charge on any atom is -0.480 e. The van der Waals surface area contributed by atoms with Crippen LogP contribution < -0.4 is 10.6 Å². The lowest BCUT2D eigenvalue weighted by molar-refractivity contribution is -0.143. The first-order valence-corrected chi connectivity index (χ1v) is 13.5. The number of rotatable bonds is 10. The Morgan fingerprint density at radius 2 is 1.57 bits per heavy atom. The lowest BCUT2D eigenvalue weighted by Crippen LogP contribution is -2.48. The average Bonchev–Trinajstić information content (AvgIpc) is 3.56. The van der Waals surface area contributed by atoms with E-state index in [1.54, 1.807) is 6.92 Å². The van der Waals surface area contributed by atoms with Gasteiger partial charge in [0.1, 0.15) is 11.5 Å².